The van der Waals surface area contributed by atoms with E-state index < -0.39 is 11.6 Å². The second kappa shape index (κ2) is 4.91. The van der Waals surface area contributed by atoms with Gasteiger partial charge in [-0.3, -0.25) is 0 Å². The lowest BCUT2D eigenvalue weighted by Crippen LogP contribution is -2.44. The molecule has 82 valence electrons. The van der Waals surface area contributed by atoms with E-state index in [1.54, 1.807) is 37.3 Å². The molecule has 0 aliphatic heterocycles. The van der Waals surface area contributed by atoms with Gasteiger partial charge in [-0.05, 0) is 12.5 Å². The third-order valence-electron chi connectivity index (χ3n) is 2.16. The standard InChI is InChI=1S/C11H15NO3/c1-2-15-10(13)11(14,8-12)9-6-4-3-5-7-9/h3-7,14H,2,8,12H2,1H3/t11-/m0/s1. The number of rotatable bonds is 4. The summed E-state index contributed by atoms with van der Waals surface area (Å²) in [5.41, 5.74) is 4.13. The minimum Gasteiger partial charge on any atom is -0.464 e. The molecule has 4 heteroatoms. The summed E-state index contributed by atoms with van der Waals surface area (Å²) >= 11 is 0. The Labute approximate surface area is 88.7 Å². The van der Waals surface area contributed by atoms with Crippen molar-refractivity contribution in [3.8, 4) is 0 Å². The maximum absolute atomic E-state index is 11.5. The third-order valence-corrected chi connectivity index (χ3v) is 2.16. The van der Waals surface area contributed by atoms with E-state index in [1.165, 1.54) is 0 Å². The lowest BCUT2D eigenvalue weighted by molar-refractivity contribution is -0.165. The van der Waals surface area contributed by atoms with Crippen molar-refractivity contribution in [2.45, 2.75) is 12.5 Å². The molecule has 1 atom stereocenters. The van der Waals surface area contributed by atoms with E-state index in [0.717, 1.165) is 0 Å². The first-order valence-electron chi connectivity index (χ1n) is 4.80. The van der Waals surface area contributed by atoms with Crippen LogP contribution in [0.4, 0.5) is 0 Å². The van der Waals surface area contributed by atoms with E-state index in [9.17, 15) is 9.90 Å². The van der Waals surface area contributed by atoms with Gasteiger partial charge in [0.2, 0.25) is 0 Å². The van der Waals surface area contributed by atoms with Gasteiger partial charge in [-0.1, -0.05) is 30.3 Å². The molecule has 15 heavy (non-hydrogen) atoms. The van der Waals surface area contributed by atoms with Gasteiger partial charge in [0, 0.05) is 6.54 Å². The summed E-state index contributed by atoms with van der Waals surface area (Å²) in [5, 5.41) is 10.1. The molecule has 0 fully saturated rings. The van der Waals surface area contributed by atoms with Gasteiger partial charge in [0.25, 0.3) is 0 Å². The van der Waals surface area contributed by atoms with E-state index in [-0.39, 0.29) is 13.2 Å². The van der Waals surface area contributed by atoms with Gasteiger partial charge in [0.05, 0.1) is 6.61 Å². The second-order valence-corrected chi connectivity index (χ2v) is 3.15. The van der Waals surface area contributed by atoms with Crippen molar-refractivity contribution in [2.75, 3.05) is 13.2 Å². The minimum atomic E-state index is -1.74. The van der Waals surface area contributed by atoms with Crippen molar-refractivity contribution in [1.29, 1.82) is 0 Å². The van der Waals surface area contributed by atoms with E-state index in [2.05, 4.69) is 0 Å². The average Bonchev–Trinajstić information content (AvgIpc) is 2.29. The van der Waals surface area contributed by atoms with Crippen LogP contribution in [0.1, 0.15) is 12.5 Å². The monoisotopic (exact) mass is 209 g/mol. The van der Waals surface area contributed by atoms with E-state index in [1.807, 2.05) is 0 Å². The molecule has 0 aromatic heterocycles. The number of nitrogens with two attached hydrogens (primary N) is 1. The second-order valence-electron chi connectivity index (χ2n) is 3.15. The summed E-state index contributed by atoms with van der Waals surface area (Å²) in [6, 6.07) is 8.55. The molecule has 1 aromatic rings. The molecule has 0 heterocycles. The highest BCUT2D eigenvalue weighted by Crippen LogP contribution is 2.21. The van der Waals surface area contributed by atoms with Gasteiger partial charge in [0.15, 0.2) is 5.60 Å². The highest BCUT2D eigenvalue weighted by Gasteiger charge is 2.37. The van der Waals surface area contributed by atoms with Crippen molar-refractivity contribution >= 4 is 5.97 Å². The van der Waals surface area contributed by atoms with E-state index >= 15 is 0 Å². The van der Waals surface area contributed by atoms with Crippen LogP contribution in [-0.4, -0.2) is 24.2 Å². The molecule has 0 aliphatic rings. The van der Waals surface area contributed by atoms with Gasteiger partial charge in [-0.15, -0.1) is 0 Å². The normalized spacial score (nSPS) is 14.3. The number of esters is 1. The molecule has 0 unspecified atom stereocenters. The Kier molecular flexibility index (Phi) is 3.82. The molecule has 0 spiro atoms. The zero-order chi connectivity index (χ0) is 11.3. The zero-order valence-corrected chi connectivity index (χ0v) is 8.64. The van der Waals surface area contributed by atoms with Crippen molar-refractivity contribution < 1.29 is 14.6 Å². The first-order chi connectivity index (χ1) is 7.15. The topological polar surface area (TPSA) is 72.5 Å². The maximum Gasteiger partial charge on any atom is 0.344 e. The molecule has 0 amide bonds. The lowest BCUT2D eigenvalue weighted by atomic mass is 9.94. The van der Waals surface area contributed by atoms with Gasteiger partial charge in [-0.25, -0.2) is 4.79 Å². The Bertz CT molecular complexity index is 326. The number of benzene rings is 1. The Hall–Kier alpha value is -1.39. The van der Waals surface area contributed by atoms with Gasteiger partial charge in [0.1, 0.15) is 0 Å². The number of hydrogen-bond acceptors (Lipinski definition) is 4. The number of carbonyl (C=O) groups excluding carboxylic acids is 1. The van der Waals surface area contributed by atoms with Crippen LogP contribution in [0.25, 0.3) is 0 Å². The number of aliphatic hydroxyl groups is 1. The largest absolute Gasteiger partial charge is 0.464 e. The summed E-state index contributed by atoms with van der Waals surface area (Å²) in [7, 11) is 0. The smallest absolute Gasteiger partial charge is 0.344 e. The lowest BCUT2D eigenvalue weighted by Gasteiger charge is -2.24. The van der Waals surface area contributed by atoms with Crippen molar-refractivity contribution in [1.82, 2.24) is 0 Å². The number of hydrogen-bond donors (Lipinski definition) is 2. The average molecular weight is 209 g/mol. The third kappa shape index (κ3) is 2.34. The molecule has 3 N–H and O–H groups in total. The van der Waals surface area contributed by atoms with Gasteiger partial charge >= 0.3 is 5.97 Å². The van der Waals surface area contributed by atoms with Crippen LogP contribution in [0.2, 0.25) is 0 Å². The molecule has 4 nitrogen and oxygen atoms in total. The molecule has 0 saturated heterocycles. The van der Waals surface area contributed by atoms with Crippen molar-refractivity contribution in [3.63, 3.8) is 0 Å². The Morgan fingerprint density at radius 2 is 2.07 bits per heavy atom. The van der Waals surface area contributed by atoms with Crippen LogP contribution in [0, 0.1) is 0 Å². The van der Waals surface area contributed by atoms with Gasteiger partial charge in [-0.2, -0.15) is 0 Å². The van der Waals surface area contributed by atoms with Crippen LogP contribution >= 0.6 is 0 Å². The Balaban J connectivity index is 3.00. The first kappa shape index (κ1) is 11.7. The van der Waals surface area contributed by atoms with Crippen molar-refractivity contribution in [2.24, 2.45) is 5.73 Å². The molecular weight excluding hydrogens is 194 g/mol. The SMILES string of the molecule is CCOC(=O)[C@](O)(CN)c1ccccc1. The maximum atomic E-state index is 11.5. The molecule has 1 rings (SSSR count). The highest BCUT2D eigenvalue weighted by molar-refractivity contribution is 5.81. The minimum absolute atomic E-state index is 0.199. The number of carbonyl (C=O) groups is 1. The fourth-order valence-electron chi connectivity index (χ4n) is 1.28. The molecule has 0 saturated carbocycles. The van der Waals surface area contributed by atoms with Crippen molar-refractivity contribution in [3.05, 3.63) is 35.9 Å². The summed E-state index contributed by atoms with van der Waals surface area (Å²) in [4.78, 5) is 11.5. The van der Waals surface area contributed by atoms with Crippen LogP contribution in [0.3, 0.4) is 0 Å². The molecule has 0 aliphatic carbocycles. The molecule has 0 radical (unpaired) electrons. The molecular formula is C11H15NO3. The first-order valence-corrected chi connectivity index (χ1v) is 4.80. The fourth-order valence-corrected chi connectivity index (χ4v) is 1.28. The molecule has 1 aromatic carbocycles. The van der Waals surface area contributed by atoms with Crippen LogP contribution in [-0.2, 0) is 15.1 Å². The summed E-state index contributed by atoms with van der Waals surface area (Å²) < 4.78 is 4.78. The fraction of sp³-hybridized carbons (Fsp3) is 0.364. The van der Waals surface area contributed by atoms with Gasteiger partial charge < -0.3 is 15.6 Å². The number of ether oxygens (including phenoxy) is 1. The summed E-state index contributed by atoms with van der Waals surface area (Å²) in [6.45, 7) is 1.70. The molecule has 0 bridgehead atoms. The van der Waals surface area contributed by atoms with E-state index in [0.29, 0.717) is 5.56 Å². The predicted octanol–water partition coefficient (Wildman–Crippen LogP) is 0.396. The Morgan fingerprint density at radius 1 is 1.47 bits per heavy atom. The predicted molar refractivity (Wildman–Crippen MR) is 56.0 cm³/mol. The zero-order valence-electron chi connectivity index (χ0n) is 8.64. The van der Waals surface area contributed by atoms with Crippen LogP contribution in [0.15, 0.2) is 30.3 Å². The van der Waals surface area contributed by atoms with Crippen LogP contribution < -0.4 is 5.73 Å². The van der Waals surface area contributed by atoms with Crippen LogP contribution in [0.5, 0.6) is 0 Å². The highest BCUT2D eigenvalue weighted by atomic mass is 16.5. The summed E-state index contributed by atoms with van der Waals surface area (Å²) in [6.07, 6.45) is 0. The Morgan fingerprint density at radius 3 is 2.53 bits per heavy atom. The quantitative estimate of drug-likeness (QED) is 0.704. The van der Waals surface area contributed by atoms with E-state index in [4.69, 9.17) is 10.5 Å². The summed E-state index contributed by atoms with van der Waals surface area (Å²) in [5.74, 6) is -0.710.